The summed E-state index contributed by atoms with van der Waals surface area (Å²) in [5, 5.41) is 3.97. The topological polar surface area (TPSA) is 61.8 Å². The molecule has 0 aromatic heterocycles. The van der Waals surface area contributed by atoms with Gasteiger partial charge in [-0.15, -0.1) is 0 Å². The number of rotatable bonds is 5. The van der Waals surface area contributed by atoms with Crippen LogP contribution in [0, 0.1) is 5.92 Å². The van der Waals surface area contributed by atoms with Crippen LogP contribution in [0.4, 0.5) is 0 Å². The highest BCUT2D eigenvalue weighted by atomic mass is 16.2. The first kappa shape index (κ1) is 15.9. The molecular weight excluding hydrogens is 302 g/mol. The van der Waals surface area contributed by atoms with E-state index in [0.717, 1.165) is 11.1 Å². The lowest BCUT2D eigenvalue weighted by atomic mass is 10.1. The third-order valence-corrected chi connectivity index (χ3v) is 3.99. The van der Waals surface area contributed by atoms with Gasteiger partial charge in [0.15, 0.2) is 0 Å². The maximum atomic E-state index is 12.2. The van der Waals surface area contributed by atoms with E-state index in [9.17, 15) is 9.59 Å². The van der Waals surface area contributed by atoms with Crippen molar-refractivity contribution in [1.29, 1.82) is 0 Å². The molecule has 3 rings (SSSR count). The third kappa shape index (κ3) is 4.07. The first-order valence-electron chi connectivity index (χ1n) is 7.92. The van der Waals surface area contributed by atoms with Crippen molar-refractivity contribution >= 4 is 18.0 Å². The van der Waals surface area contributed by atoms with E-state index in [1.165, 1.54) is 0 Å². The van der Waals surface area contributed by atoms with Gasteiger partial charge in [-0.25, -0.2) is 5.43 Å². The lowest BCUT2D eigenvalue weighted by Gasteiger charge is -2.16. The van der Waals surface area contributed by atoms with Crippen molar-refractivity contribution in [2.45, 2.75) is 13.0 Å². The van der Waals surface area contributed by atoms with Gasteiger partial charge in [0.2, 0.25) is 11.8 Å². The van der Waals surface area contributed by atoms with Gasteiger partial charge in [-0.3, -0.25) is 9.59 Å². The number of hydrazone groups is 1. The molecule has 2 aromatic carbocycles. The molecule has 5 nitrogen and oxygen atoms in total. The largest absolute Gasteiger partial charge is 0.338 e. The van der Waals surface area contributed by atoms with E-state index in [4.69, 9.17) is 0 Å². The molecule has 1 fully saturated rings. The van der Waals surface area contributed by atoms with Gasteiger partial charge in [-0.1, -0.05) is 60.7 Å². The number of carbonyl (C=O) groups excluding carboxylic acids is 2. The van der Waals surface area contributed by atoms with E-state index < -0.39 is 0 Å². The summed E-state index contributed by atoms with van der Waals surface area (Å²) in [5.74, 6) is -0.564. The standard InChI is InChI=1S/C19H19N3O2/c23-18-11-17(14-22(18)13-16-9-5-2-6-10-16)19(24)21-20-12-15-7-3-1-4-8-15/h1-10,12,17H,11,13-14H2,(H,21,24)/b20-12+. The minimum atomic E-state index is -0.353. The minimum Gasteiger partial charge on any atom is -0.338 e. The van der Waals surface area contributed by atoms with Gasteiger partial charge < -0.3 is 4.90 Å². The van der Waals surface area contributed by atoms with Gasteiger partial charge in [0, 0.05) is 19.5 Å². The molecule has 1 aliphatic heterocycles. The number of carbonyl (C=O) groups is 2. The van der Waals surface area contributed by atoms with Crippen molar-refractivity contribution in [3.8, 4) is 0 Å². The Morgan fingerprint density at radius 3 is 2.50 bits per heavy atom. The highest BCUT2D eigenvalue weighted by Gasteiger charge is 2.34. The highest BCUT2D eigenvalue weighted by Crippen LogP contribution is 2.20. The van der Waals surface area contributed by atoms with E-state index in [0.29, 0.717) is 13.1 Å². The van der Waals surface area contributed by atoms with Crippen LogP contribution in [-0.2, 0) is 16.1 Å². The summed E-state index contributed by atoms with van der Waals surface area (Å²) >= 11 is 0. The fourth-order valence-corrected chi connectivity index (χ4v) is 2.71. The Labute approximate surface area is 141 Å². The number of hydrogen-bond donors (Lipinski definition) is 1. The molecule has 122 valence electrons. The Morgan fingerprint density at radius 2 is 1.79 bits per heavy atom. The van der Waals surface area contributed by atoms with Crippen molar-refractivity contribution in [1.82, 2.24) is 10.3 Å². The molecule has 0 saturated carbocycles. The molecule has 24 heavy (non-hydrogen) atoms. The molecule has 5 heteroatoms. The number of benzene rings is 2. The van der Waals surface area contributed by atoms with Crippen molar-refractivity contribution in [2.24, 2.45) is 11.0 Å². The van der Waals surface area contributed by atoms with E-state index in [-0.39, 0.29) is 24.2 Å². The van der Waals surface area contributed by atoms with Gasteiger partial charge in [0.25, 0.3) is 0 Å². The van der Waals surface area contributed by atoms with Crippen LogP contribution in [-0.4, -0.2) is 29.5 Å². The van der Waals surface area contributed by atoms with E-state index in [1.807, 2.05) is 60.7 Å². The molecule has 1 saturated heterocycles. The summed E-state index contributed by atoms with van der Waals surface area (Å²) in [5.41, 5.74) is 4.50. The molecule has 0 radical (unpaired) electrons. The summed E-state index contributed by atoms with van der Waals surface area (Å²) in [6.07, 6.45) is 1.83. The van der Waals surface area contributed by atoms with E-state index in [1.54, 1.807) is 11.1 Å². The number of amides is 2. The van der Waals surface area contributed by atoms with Crippen LogP contribution in [0.3, 0.4) is 0 Å². The monoisotopic (exact) mass is 321 g/mol. The smallest absolute Gasteiger partial charge is 0.245 e. The Bertz CT molecular complexity index is 729. The zero-order valence-electron chi connectivity index (χ0n) is 13.3. The molecule has 1 heterocycles. The number of likely N-dealkylation sites (tertiary alicyclic amines) is 1. The van der Waals surface area contributed by atoms with Crippen LogP contribution >= 0.6 is 0 Å². The fourth-order valence-electron chi connectivity index (χ4n) is 2.71. The summed E-state index contributed by atoms with van der Waals surface area (Å²) < 4.78 is 0. The Balaban J connectivity index is 1.53. The predicted octanol–water partition coefficient (Wildman–Crippen LogP) is 2.19. The summed E-state index contributed by atoms with van der Waals surface area (Å²) in [7, 11) is 0. The minimum absolute atomic E-state index is 0.00559. The molecule has 1 aliphatic rings. The SMILES string of the molecule is O=C(N/N=C/c1ccccc1)C1CC(=O)N(Cc2ccccc2)C1. The van der Waals surface area contributed by atoms with Crippen LogP contribution in [0.25, 0.3) is 0 Å². The fraction of sp³-hybridized carbons (Fsp3) is 0.211. The van der Waals surface area contributed by atoms with E-state index >= 15 is 0 Å². The molecule has 2 aromatic rings. The Kier molecular flexibility index (Phi) is 5.01. The van der Waals surface area contributed by atoms with Crippen molar-refractivity contribution < 1.29 is 9.59 Å². The summed E-state index contributed by atoms with van der Waals surface area (Å²) in [4.78, 5) is 26.0. The maximum Gasteiger partial charge on any atom is 0.245 e. The van der Waals surface area contributed by atoms with Gasteiger partial charge in [0.1, 0.15) is 0 Å². The molecule has 0 aliphatic carbocycles. The molecule has 1 N–H and O–H groups in total. The van der Waals surface area contributed by atoms with Gasteiger partial charge >= 0.3 is 0 Å². The maximum absolute atomic E-state index is 12.2. The van der Waals surface area contributed by atoms with Gasteiger partial charge in [-0.05, 0) is 11.1 Å². The first-order chi connectivity index (χ1) is 11.7. The van der Waals surface area contributed by atoms with Crippen LogP contribution in [0.5, 0.6) is 0 Å². The second-order valence-corrected chi connectivity index (χ2v) is 5.81. The van der Waals surface area contributed by atoms with Crippen LogP contribution in [0.2, 0.25) is 0 Å². The lowest BCUT2D eigenvalue weighted by Crippen LogP contribution is -2.30. The zero-order valence-corrected chi connectivity index (χ0v) is 13.3. The normalized spacial score (nSPS) is 17.4. The lowest BCUT2D eigenvalue weighted by molar-refractivity contribution is -0.129. The second-order valence-electron chi connectivity index (χ2n) is 5.81. The zero-order chi connectivity index (χ0) is 16.8. The second kappa shape index (κ2) is 7.55. The van der Waals surface area contributed by atoms with Crippen molar-refractivity contribution in [2.75, 3.05) is 6.54 Å². The molecule has 1 unspecified atom stereocenters. The van der Waals surface area contributed by atoms with Crippen LogP contribution < -0.4 is 5.43 Å². The Morgan fingerprint density at radius 1 is 1.12 bits per heavy atom. The molecular formula is C19H19N3O2. The molecule has 0 spiro atoms. The predicted molar refractivity (Wildman–Crippen MR) is 92.1 cm³/mol. The summed E-state index contributed by atoms with van der Waals surface area (Å²) in [6, 6.07) is 19.3. The quantitative estimate of drug-likeness (QED) is 0.678. The highest BCUT2D eigenvalue weighted by molar-refractivity contribution is 5.90. The van der Waals surface area contributed by atoms with Crippen molar-refractivity contribution in [3.05, 3.63) is 71.8 Å². The number of nitrogens with zero attached hydrogens (tertiary/aromatic N) is 2. The third-order valence-electron chi connectivity index (χ3n) is 3.99. The average Bonchev–Trinajstić information content (AvgIpc) is 2.97. The first-order valence-corrected chi connectivity index (χ1v) is 7.92. The van der Waals surface area contributed by atoms with Crippen molar-refractivity contribution in [3.63, 3.8) is 0 Å². The van der Waals surface area contributed by atoms with Crippen LogP contribution in [0.15, 0.2) is 65.8 Å². The number of hydrogen-bond acceptors (Lipinski definition) is 3. The molecule has 0 bridgehead atoms. The summed E-state index contributed by atoms with van der Waals surface area (Å²) in [6.45, 7) is 0.969. The molecule has 2 amide bonds. The van der Waals surface area contributed by atoms with Gasteiger partial charge in [-0.2, -0.15) is 5.10 Å². The number of nitrogens with one attached hydrogen (secondary N) is 1. The molecule has 1 atom stereocenters. The van der Waals surface area contributed by atoms with Crippen LogP contribution in [0.1, 0.15) is 17.5 Å². The Hall–Kier alpha value is -2.95. The van der Waals surface area contributed by atoms with Gasteiger partial charge in [0.05, 0.1) is 12.1 Å². The van der Waals surface area contributed by atoms with E-state index in [2.05, 4.69) is 10.5 Å². The average molecular weight is 321 g/mol.